The first kappa shape index (κ1) is 23.2. The van der Waals surface area contributed by atoms with Crippen LogP contribution in [0.5, 0.6) is 5.88 Å². The number of aromatic nitrogens is 3. The van der Waals surface area contributed by atoms with Gasteiger partial charge in [0.2, 0.25) is 5.88 Å². The minimum atomic E-state index is -1.16. The fourth-order valence-electron chi connectivity index (χ4n) is 4.33. The molecular weight excluding hydrogens is 428 g/mol. The fraction of sp³-hybridized carbons (Fsp3) is 0.682. The summed E-state index contributed by atoms with van der Waals surface area (Å²) in [6, 6.07) is 2.91. The highest BCUT2D eigenvalue weighted by Gasteiger charge is 2.41. The Balaban J connectivity index is 1.56. The van der Waals surface area contributed by atoms with Crippen molar-refractivity contribution >= 4 is 25.1 Å². The molecule has 0 bridgehead atoms. The summed E-state index contributed by atoms with van der Waals surface area (Å²) in [6.07, 6.45) is 4.72. The lowest BCUT2D eigenvalue weighted by atomic mass is 9.82. The van der Waals surface area contributed by atoms with E-state index in [4.69, 9.17) is 24.0 Å². The van der Waals surface area contributed by atoms with Gasteiger partial charge < -0.3 is 24.3 Å². The highest BCUT2D eigenvalue weighted by Crippen LogP contribution is 2.43. The van der Waals surface area contributed by atoms with Crippen molar-refractivity contribution in [3.63, 3.8) is 0 Å². The van der Waals surface area contributed by atoms with Gasteiger partial charge in [0.15, 0.2) is 5.79 Å². The van der Waals surface area contributed by atoms with E-state index < -0.39 is 20.0 Å². The zero-order valence-corrected chi connectivity index (χ0v) is 20.5. The van der Waals surface area contributed by atoms with E-state index >= 15 is 0 Å². The van der Waals surface area contributed by atoms with E-state index in [0.717, 1.165) is 54.9 Å². The Hall–Kier alpha value is -2.01. The number of nitrogens with one attached hydrogen (secondary N) is 1. The van der Waals surface area contributed by atoms with Crippen molar-refractivity contribution < 1.29 is 23.7 Å². The maximum Gasteiger partial charge on any atom is 0.413 e. The average Bonchev–Trinajstić information content (AvgIpc) is 3.36. The lowest BCUT2D eigenvalue weighted by molar-refractivity contribution is -0.178. The molecule has 1 aliphatic heterocycles. The van der Waals surface area contributed by atoms with Gasteiger partial charge in [0, 0.05) is 51.9 Å². The molecule has 1 saturated heterocycles. The molecule has 9 nitrogen and oxygen atoms in total. The van der Waals surface area contributed by atoms with E-state index in [-0.39, 0.29) is 11.8 Å². The van der Waals surface area contributed by atoms with Gasteiger partial charge in [0.25, 0.3) is 0 Å². The molecule has 0 unspecified atom stereocenters. The highest BCUT2D eigenvalue weighted by atomic mass is 28.3. The SMILES string of the molecule is CNC(=O)Oc1cc2c(C3CCC4(CC3)OCCO4)nn(COCC[Si](C)(C)C)c2cn1. The monoisotopic (exact) mass is 462 g/mol. The number of carbonyl (C=O) groups is 1. The molecule has 1 N–H and O–H groups in total. The molecule has 2 aromatic heterocycles. The highest BCUT2D eigenvalue weighted by molar-refractivity contribution is 6.76. The molecule has 0 radical (unpaired) electrons. The van der Waals surface area contributed by atoms with Crippen LogP contribution in [0.4, 0.5) is 4.79 Å². The molecular formula is C22H34N4O5Si. The predicted octanol–water partition coefficient (Wildman–Crippen LogP) is 3.86. The largest absolute Gasteiger partial charge is 0.413 e. The Labute approximate surface area is 189 Å². The van der Waals surface area contributed by atoms with Crippen LogP contribution in [0.25, 0.3) is 10.9 Å². The molecule has 3 heterocycles. The van der Waals surface area contributed by atoms with Crippen LogP contribution in [0.3, 0.4) is 0 Å². The van der Waals surface area contributed by atoms with Gasteiger partial charge in [0.1, 0.15) is 6.73 Å². The minimum Gasteiger partial charge on any atom is -0.391 e. The topological polar surface area (TPSA) is 96.7 Å². The Morgan fingerprint density at radius 2 is 2.00 bits per heavy atom. The fourth-order valence-corrected chi connectivity index (χ4v) is 5.08. The number of carbonyl (C=O) groups excluding carboxylic acids is 1. The lowest BCUT2D eigenvalue weighted by Gasteiger charge is -2.34. The summed E-state index contributed by atoms with van der Waals surface area (Å²) in [5, 5.41) is 8.33. The van der Waals surface area contributed by atoms with E-state index in [1.165, 1.54) is 7.05 Å². The second kappa shape index (κ2) is 9.46. The van der Waals surface area contributed by atoms with E-state index in [1.54, 1.807) is 12.3 Å². The second-order valence-electron chi connectivity index (χ2n) is 9.79. The summed E-state index contributed by atoms with van der Waals surface area (Å²) >= 11 is 0. The zero-order chi connectivity index (χ0) is 22.8. The Bertz CT molecular complexity index is 942. The number of hydrogen-bond acceptors (Lipinski definition) is 7. The smallest absolute Gasteiger partial charge is 0.391 e. The van der Waals surface area contributed by atoms with Crippen molar-refractivity contribution in [2.45, 2.75) is 69.8 Å². The molecule has 1 spiro atoms. The predicted molar refractivity (Wildman–Crippen MR) is 123 cm³/mol. The Kier molecular flexibility index (Phi) is 6.85. The maximum absolute atomic E-state index is 11.7. The summed E-state index contributed by atoms with van der Waals surface area (Å²) in [5.41, 5.74) is 1.87. The van der Waals surface area contributed by atoms with Crippen LogP contribution in [0, 0.1) is 0 Å². The van der Waals surface area contributed by atoms with E-state index in [0.29, 0.717) is 19.9 Å². The number of ether oxygens (including phenoxy) is 4. The van der Waals surface area contributed by atoms with Crippen molar-refractivity contribution in [2.24, 2.45) is 0 Å². The standard InChI is InChI=1S/C22H34N4O5Si/c1-23-21(27)31-19-13-17-18(14-24-19)26(15-28-11-12-32(2,3)4)25-20(17)16-5-7-22(8-6-16)29-9-10-30-22/h13-14,16H,5-12,15H2,1-4H3,(H,23,27). The van der Waals surface area contributed by atoms with Crippen LogP contribution < -0.4 is 10.1 Å². The lowest BCUT2D eigenvalue weighted by Crippen LogP contribution is -2.34. The third-order valence-electron chi connectivity index (χ3n) is 6.20. The first-order valence-corrected chi connectivity index (χ1v) is 15.1. The zero-order valence-electron chi connectivity index (χ0n) is 19.5. The molecule has 1 aliphatic carbocycles. The van der Waals surface area contributed by atoms with Crippen LogP contribution in [-0.2, 0) is 20.9 Å². The molecule has 0 aromatic carbocycles. The van der Waals surface area contributed by atoms with Gasteiger partial charge in [0.05, 0.1) is 30.6 Å². The molecule has 176 valence electrons. The molecule has 2 aromatic rings. The molecule has 10 heteroatoms. The quantitative estimate of drug-likeness (QED) is 0.493. The van der Waals surface area contributed by atoms with Crippen molar-refractivity contribution in [2.75, 3.05) is 26.9 Å². The molecule has 32 heavy (non-hydrogen) atoms. The summed E-state index contributed by atoms with van der Waals surface area (Å²) in [7, 11) is 0.362. The van der Waals surface area contributed by atoms with Crippen molar-refractivity contribution in [3.05, 3.63) is 18.0 Å². The van der Waals surface area contributed by atoms with Gasteiger partial charge in [-0.2, -0.15) is 5.10 Å². The number of pyridine rings is 1. The summed E-state index contributed by atoms with van der Waals surface area (Å²) in [6.45, 7) is 9.45. The second-order valence-corrected chi connectivity index (χ2v) is 15.4. The third-order valence-corrected chi connectivity index (χ3v) is 7.90. The van der Waals surface area contributed by atoms with E-state index in [2.05, 4.69) is 29.9 Å². The first-order chi connectivity index (χ1) is 15.3. The van der Waals surface area contributed by atoms with Crippen LogP contribution in [0.1, 0.15) is 37.3 Å². The summed E-state index contributed by atoms with van der Waals surface area (Å²) in [5.74, 6) is 0.116. The molecule has 0 atom stereocenters. The molecule has 4 rings (SSSR count). The van der Waals surface area contributed by atoms with Crippen LogP contribution in [0.15, 0.2) is 12.3 Å². The van der Waals surface area contributed by atoms with Gasteiger partial charge in [-0.3, -0.25) is 0 Å². The first-order valence-electron chi connectivity index (χ1n) is 11.4. The number of amides is 1. The van der Waals surface area contributed by atoms with Crippen molar-refractivity contribution in [1.82, 2.24) is 20.1 Å². The molecule has 2 aliphatic rings. The summed E-state index contributed by atoms with van der Waals surface area (Å²) < 4.78 is 24.9. The van der Waals surface area contributed by atoms with Crippen molar-refractivity contribution in [3.8, 4) is 5.88 Å². The number of fused-ring (bicyclic) bond motifs is 1. The van der Waals surface area contributed by atoms with E-state index in [9.17, 15) is 4.79 Å². The summed E-state index contributed by atoms with van der Waals surface area (Å²) in [4.78, 5) is 16.0. The van der Waals surface area contributed by atoms with Gasteiger partial charge >= 0.3 is 6.09 Å². The van der Waals surface area contributed by atoms with Crippen LogP contribution in [0.2, 0.25) is 25.7 Å². The van der Waals surface area contributed by atoms with Crippen molar-refractivity contribution in [1.29, 1.82) is 0 Å². The van der Waals surface area contributed by atoms with Gasteiger partial charge in [-0.25, -0.2) is 14.5 Å². The third kappa shape index (κ3) is 5.30. The normalized spacial score (nSPS) is 19.0. The Morgan fingerprint density at radius 1 is 1.28 bits per heavy atom. The number of rotatable bonds is 7. The number of hydrogen-bond donors (Lipinski definition) is 1. The Morgan fingerprint density at radius 3 is 2.66 bits per heavy atom. The molecule has 2 fully saturated rings. The molecule has 1 amide bonds. The van der Waals surface area contributed by atoms with Crippen LogP contribution >= 0.6 is 0 Å². The maximum atomic E-state index is 11.7. The van der Waals surface area contributed by atoms with Crippen LogP contribution in [-0.4, -0.2) is 61.6 Å². The van der Waals surface area contributed by atoms with Gasteiger partial charge in [-0.15, -0.1) is 0 Å². The minimum absolute atomic E-state index is 0.257. The number of nitrogens with zero attached hydrogens (tertiary/aromatic N) is 3. The van der Waals surface area contributed by atoms with Gasteiger partial charge in [-0.1, -0.05) is 19.6 Å². The molecule has 1 saturated carbocycles. The average molecular weight is 463 g/mol. The van der Waals surface area contributed by atoms with Gasteiger partial charge in [-0.05, 0) is 18.9 Å². The van der Waals surface area contributed by atoms with E-state index in [1.807, 2.05) is 4.68 Å².